The number of phenolic OH excluding ortho intramolecular Hbond substituents is 1. The molecule has 0 amide bonds. The van der Waals surface area contributed by atoms with Gasteiger partial charge in [0.2, 0.25) is 0 Å². The van der Waals surface area contributed by atoms with Crippen LogP contribution in [-0.4, -0.2) is 16.3 Å². The van der Waals surface area contributed by atoms with E-state index in [2.05, 4.69) is 0 Å². The molecule has 1 aromatic carbocycles. The van der Waals surface area contributed by atoms with E-state index in [1.807, 2.05) is 13.8 Å². The third kappa shape index (κ3) is 2.47. The first-order chi connectivity index (χ1) is 6.52. The van der Waals surface area contributed by atoms with Crippen LogP contribution < -0.4 is 5.73 Å². The Kier molecular flexibility index (Phi) is 3.49. The Morgan fingerprint density at radius 3 is 2.07 bits per heavy atom. The smallest absolute Gasteiger partial charge is 0.115 e. The van der Waals surface area contributed by atoms with Crippen LogP contribution >= 0.6 is 0 Å². The van der Waals surface area contributed by atoms with Crippen LogP contribution in [0.1, 0.15) is 25.5 Å². The number of nitrogens with two attached hydrogens (primary N) is 1. The molecule has 0 saturated heterocycles. The van der Waals surface area contributed by atoms with E-state index in [9.17, 15) is 5.11 Å². The van der Waals surface area contributed by atoms with E-state index in [4.69, 9.17) is 10.8 Å². The molecular formula is C11H17NO2. The van der Waals surface area contributed by atoms with Gasteiger partial charge in [-0.05, 0) is 23.6 Å². The van der Waals surface area contributed by atoms with Gasteiger partial charge in [0.25, 0.3) is 0 Å². The molecule has 0 aliphatic rings. The van der Waals surface area contributed by atoms with Crippen molar-refractivity contribution < 1.29 is 10.2 Å². The van der Waals surface area contributed by atoms with Crippen molar-refractivity contribution in [3.63, 3.8) is 0 Å². The van der Waals surface area contributed by atoms with Gasteiger partial charge in [0, 0.05) is 0 Å². The summed E-state index contributed by atoms with van der Waals surface area (Å²) in [5.74, 6) is 0.332. The molecule has 2 atom stereocenters. The van der Waals surface area contributed by atoms with Crippen molar-refractivity contribution in [2.24, 2.45) is 11.7 Å². The zero-order valence-corrected chi connectivity index (χ0v) is 8.51. The Balaban J connectivity index is 2.78. The summed E-state index contributed by atoms with van der Waals surface area (Å²) in [6.45, 7) is 3.84. The molecule has 0 unspecified atom stereocenters. The molecule has 0 saturated carbocycles. The maximum Gasteiger partial charge on any atom is 0.115 e. The molecule has 0 fully saturated rings. The first-order valence-electron chi connectivity index (χ1n) is 4.75. The highest BCUT2D eigenvalue weighted by Gasteiger charge is 2.19. The number of hydrogen-bond donors (Lipinski definition) is 3. The molecule has 3 heteroatoms. The van der Waals surface area contributed by atoms with Gasteiger partial charge in [-0.1, -0.05) is 26.0 Å². The monoisotopic (exact) mass is 195 g/mol. The lowest BCUT2D eigenvalue weighted by atomic mass is 9.94. The van der Waals surface area contributed by atoms with Gasteiger partial charge in [0.05, 0.1) is 12.1 Å². The number of rotatable bonds is 3. The third-order valence-electron chi connectivity index (χ3n) is 2.33. The van der Waals surface area contributed by atoms with Crippen molar-refractivity contribution >= 4 is 0 Å². The molecule has 0 heterocycles. The van der Waals surface area contributed by atoms with Crippen LogP contribution in [0.5, 0.6) is 5.75 Å². The van der Waals surface area contributed by atoms with E-state index in [-0.39, 0.29) is 11.7 Å². The zero-order chi connectivity index (χ0) is 10.7. The van der Waals surface area contributed by atoms with Gasteiger partial charge in [-0.3, -0.25) is 0 Å². The molecular weight excluding hydrogens is 178 g/mol. The molecule has 0 spiro atoms. The Morgan fingerprint density at radius 1 is 1.14 bits per heavy atom. The number of phenols is 1. The van der Waals surface area contributed by atoms with Crippen LogP contribution in [0.4, 0.5) is 0 Å². The predicted molar refractivity (Wildman–Crippen MR) is 55.9 cm³/mol. The van der Waals surface area contributed by atoms with Crippen LogP contribution in [0.3, 0.4) is 0 Å². The van der Waals surface area contributed by atoms with E-state index in [0.717, 1.165) is 5.56 Å². The third-order valence-corrected chi connectivity index (χ3v) is 2.33. The first-order valence-corrected chi connectivity index (χ1v) is 4.75. The second-order valence-electron chi connectivity index (χ2n) is 3.85. The lowest BCUT2D eigenvalue weighted by Gasteiger charge is -2.22. The number of aliphatic hydroxyl groups is 1. The molecule has 1 rings (SSSR count). The van der Waals surface area contributed by atoms with Crippen molar-refractivity contribution in [1.29, 1.82) is 0 Å². The van der Waals surface area contributed by atoms with E-state index in [1.54, 1.807) is 24.3 Å². The molecule has 3 nitrogen and oxygen atoms in total. The average molecular weight is 195 g/mol. The lowest BCUT2D eigenvalue weighted by molar-refractivity contribution is 0.0979. The number of aliphatic hydroxyl groups excluding tert-OH is 1. The van der Waals surface area contributed by atoms with E-state index in [1.165, 1.54) is 0 Å². The summed E-state index contributed by atoms with van der Waals surface area (Å²) in [7, 11) is 0. The number of benzene rings is 1. The minimum absolute atomic E-state index is 0.124. The molecule has 0 radical (unpaired) electrons. The standard InChI is InChI=1S/C11H17NO2/c1-7(2)11(14)10(12)8-3-5-9(13)6-4-8/h3-7,10-11,13-14H,12H2,1-2H3/t10-,11+/m0/s1. The largest absolute Gasteiger partial charge is 0.508 e. The summed E-state index contributed by atoms with van der Waals surface area (Å²) >= 11 is 0. The molecule has 0 aliphatic heterocycles. The highest BCUT2D eigenvalue weighted by molar-refractivity contribution is 5.28. The zero-order valence-electron chi connectivity index (χ0n) is 8.51. The summed E-state index contributed by atoms with van der Waals surface area (Å²) in [5, 5.41) is 18.8. The minimum Gasteiger partial charge on any atom is -0.508 e. The summed E-state index contributed by atoms with van der Waals surface area (Å²) in [4.78, 5) is 0. The van der Waals surface area contributed by atoms with Gasteiger partial charge in [-0.2, -0.15) is 0 Å². The molecule has 1 aromatic rings. The van der Waals surface area contributed by atoms with E-state index < -0.39 is 12.1 Å². The van der Waals surface area contributed by atoms with Crippen LogP contribution in [0.2, 0.25) is 0 Å². The lowest BCUT2D eigenvalue weighted by Crippen LogP contribution is -2.30. The molecule has 0 aromatic heterocycles. The maximum atomic E-state index is 9.73. The molecule has 78 valence electrons. The molecule has 4 N–H and O–H groups in total. The van der Waals surface area contributed by atoms with Crippen LogP contribution in [0.25, 0.3) is 0 Å². The summed E-state index contributed by atoms with van der Waals surface area (Å²) in [5.41, 5.74) is 6.69. The minimum atomic E-state index is -0.556. The molecule has 14 heavy (non-hydrogen) atoms. The average Bonchev–Trinajstić information content (AvgIpc) is 2.16. The fourth-order valence-electron chi connectivity index (χ4n) is 1.31. The van der Waals surface area contributed by atoms with Crippen molar-refractivity contribution in [3.8, 4) is 5.75 Å². The summed E-state index contributed by atoms with van der Waals surface area (Å²) < 4.78 is 0. The number of aromatic hydroxyl groups is 1. The van der Waals surface area contributed by atoms with Gasteiger partial charge in [0.1, 0.15) is 5.75 Å². The number of hydrogen-bond acceptors (Lipinski definition) is 3. The summed E-state index contributed by atoms with van der Waals surface area (Å²) in [6, 6.07) is 6.21. The highest BCUT2D eigenvalue weighted by atomic mass is 16.3. The topological polar surface area (TPSA) is 66.5 Å². The quantitative estimate of drug-likeness (QED) is 0.683. The van der Waals surface area contributed by atoms with Crippen molar-refractivity contribution in [2.45, 2.75) is 26.0 Å². The first kappa shape index (κ1) is 11.0. The van der Waals surface area contributed by atoms with Gasteiger partial charge in [-0.15, -0.1) is 0 Å². The maximum absolute atomic E-state index is 9.73. The van der Waals surface area contributed by atoms with Crippen LogP contribution in [-0.2, 0) is 0 Å². The molecule has 0 bridgehead atoms. The van der Waals surface area contributed by atoms with Crippen molar-refractivity contribution in [2.75, 3.05) is 0 Å². The fourth-order valence-corrected chi connectivity index (χ4v) is 1.31. The summed E-state index contributed by atoms with van der Waals surface area (Å²) in [6.07, 6.45) is -0.556. The van der Waals surface area contributed by atoms with Gasteiger partial charge < -0.3 is 15.9 Å². The Hall–Kier alpha value is -1.06. The Morgan fingerprint density at radius 2 is 1.64 bits per heavy atom. The molecule has 0 aliphatic carbocycles. The van der Waals surface area contributed by atoms with Crippen molar-refractivity contribution in [1.82, 2.24) is 0 Å². The van der Waals surface area contributed by atoms with Gasteiger partial charge >= 0.3 is 0 Å². The second-order valence-corrected chi connectivity index (χ2v) is 3.85. The van der Waals surface area contributed by atoms with Gasteiger partial charge in [0.15, 0.2) is 0 Å². The highest BCUT2D eigenvalue weighted by Crippen LogP contribution is 2.21. The van der Waals surface area contributed by atoms with E-state index in [0.29, 0.717) is 0 Å². The van der Waals surface area contributed by atoms with Gasteiger partial charge in [-0.25, -0.2) is 0 Å². The van der Waals surface area contributed by atoms with E-state index >= 15 is 0 Å². The van der Waals surface area contributed by atoms with Crippen LogP contribution in [0.15, 0.2) is 24.3 Å². The van der Waals surface area contributed by atoms with Crippen molar-refractivity contribution in [3.05, 3.63) is 29.8 Å². The second kappa shape index (κ2) is 4.44. The van der Waals surface area contributed by atoms with Crippen LogP contribution in [0, 0.1) is 5.92 Å². The normalized spacial score (nSPS) is 15.5. The Bertz CT molecular complexity index is 282. The Labute approximate surface area is 84.2 Å². The SMILES string of the molecule is CC(C)[C@@H](O)[C@@H](N)c1ccc(O)cc1. The fraction of sp³-hybridized carbons (Fsp3) is 0.455. The predicted octanol–water partition coefficient (Wildman–Crippen LogP) is 1.41.